The van der Waals surface area contributed by atoms with Crippen molar-refractivity contribution < 1.29 is 0 Å². The van der Waals surface area contributed by atoms with Crippen molar-refractivity contribution in [2.24, 2.45) is 0 Å². The monoisotopic (exact) mass is 199 g/mol. The van der Waals surface area contributed by atoms with Crippen LogP contribution in [0.2, 0.25) is 0 Å². The summed E-state index contributed by atoms with van der Waals surface area (Å²) in [5, 5.41) is 2.69. The quantitative estimate of drug-likeness (QED) is 0.788. The molecule has 2 N–H and O–H groups in total. The average molecular weight is 199 g/mol. The molecule has 0 saturated heterocycles. The first-order valence-corrected chi connectivity index (χ1v) is 5.48. The third kappa shape index (κ3) is 3.74. The summed E-state index contributed by atoms with van der Waals surface area (Å²) >= 11 is 1.51. The number of hydrogen-bond donors (Lipinski definition) is 1. The molecule has 1 heterocycles. The van der Waals surface area contributed by atoms with Gasteiger partial charge in [0.25, 0.3) is 0 Å². The van der Waals surface area contributed by atoms with Gasteiger partial charge in [-0.25, -0.2) is 4.98 Å². The van der Waals surface area contributed by atoms with Crippen LogP contribution in [0.1, 0.15) is 25.5 Å². The molecule has 0 bridgehead atoms. The van der Waals surface area contributed by atoms with E-state index in [1.54, 1.807) is 0 Å². The van der Waals surface area contributed by atoms with Crippen molar-refractivity contribution in [3.8, 4) is 0 Å². The molecule has 13 heavy (non-hydrogen) atoms. The minimum Gasteiger partial charge on any atom is -0.375 e. The summed E-state index contributed by atoms with van der Waals surface area (Å²) in [5.74, 6) is 0. The highest BCUT2D eigenvalue weighted by molar-refractivity contribution is 7.13. The molecule has 0 unspecified atom stereocenters. The molecule has 74 valence electrons. The molecule has 0 spiro atoms. The number of nitrogen functional groups attached to an aromatic ring is 1. The number of anilines is 1. The van der Waals surface area contributed by atoms with E-state index >= 15 is 0 Å². The maximum Gasteiger partial charge on any atom is 0.180 e. The lowest BCUT2D eigenvalue weighted by molar-refractivity contribution is 0.318. The number of rotatable bonds is 5. The van der Waals surface area contributed by atoms with Crippen LogP contribution in [0, 0.1) is 0 Å². The summed E-state index contributed by atoms with van der Waals surface area (Å²) in [6, 6.07) is 0. The lowest BCUT2D eigenvalue weighted by atomic mass is 10.3. The van der Waals surface area contributed by atoms with Crippen LogP contribution in [-0.4, -0.2) is 23.5 Å². The summed E-state index contributed by atoms with van der Waals surface area (Å²) in [6.07, 6.45) is 2.49. The van der Waals surface area contributed by atoms with Crippen molar-refractivity contribution in [2.75, 3.05) is 19.3 Å². The van der Waals surface area contributed by atoms with Gasteiger partial charge in [-0.1, -0.05) is 13.3 Å². The standard InChI is InChI=1S/C9H17N3S/c1-3-4-5-12(2)6-8-7-13-9(10)11-8/h7H,3-6H2,1-2H3,(H2,10,11). The van der Waals surface area contributed by atoms with Crippen LogP contribution in [0.5, 0.6) is 0 Å². The molecule has 1 aromatic rings. The van der Waals surface area contributed by atoms with Gasteiger partial charge in [-0.05, 0) is 20.0 Å². The zero-order chi connectivity index (χ0) is 9.68. The third-order valence-corrected chi connectivity index (χ3v) is 2.62. The number of aromatic nitrogens is 1. The first-order valence-electron chi connectivity index (χ1n) is 4.60. The molecular formula is C9H17N3S. The molecule has 0 atom stereocenters. The van der Waals surface area contributed by atoms with Crippen molar-refractivity contribution in [3.63, 3.8) is 0 Å². The van der Waals surface area contributed by atoms with Gasteiger partial charge in [0.2, 0.25) is 0 Å². The first kappa shape index (κ1) is 10.5. The van der Waals surface area contributed by atoms with Gasteiger partial charge in [-0.15, -0.1) is 11.3 Å². The highest BCUT2D eigenvalue weighted by atomic mass is 32.1. The molecular weight excluding hydrogens is 182 g/mol. The van der Waals surface area contributed by atoms with Gasteiger partial charge in [0.05, 0.1) is 5.69 Å². The molecule has 0 aliphatic carbocycles. The minimum absolute atomic E-state index is 0.666. The van der Waals surface area contributed by atoms with E-state index in [2.05, 4.69) is 23.9 Å². The highest BCUT2D eigenvalue weighted by Gasteiger charge is 2.02. The SMILES string of the molecule is CCCCN(C)Cc1csc(N)n1. The van der Waals surface area contributed by atoms with Crippen LogP contribution in [0.3, 0.4) is 0 Å². The summed E-state index contributed by atoms with van der Waals surface area (Å²) in [4.78, 5) is 6.49. The topological polar surface area (TPSA) is 42.1 Å². The summed E-state index contributed by atoms with van der Waals surface area (Å²) in [5.41, 5.74) is 6.63. The minimum atomic E-state index is 0.666. The second-order valence-electron chi connectivity index (χ2n) is 3.27. The third-order valence-electron chi connectivity index (χ3n) is 1.89. The molecule has 4 heteroatoms. The molecule has 1 rings (SSSR count). The molecule has 0 aromatic carbocycles. The lowest BCUT2D eigenvalue weighted by Gasteiger charge is -2.13. The Hall–Kier alpha value is -0.610. The zero-order valence-electron chi connectivity index (χ0n) is 8.29. The smallest absolute Gasteiger partial charge is 0.180 e. The van der Waals surface area contributed by atoms with Crippen molar-refractivity contribution >= 4 is 16.5 Å². The fraction of sp³-hybridized carbons (Fsp3) is 0.667. The molecule has 1 aromatic heterocycles. The Bertz CT molecular complexity index is 247. The lowest BCUT2D eigenvalue weighted by Crippen LogP contribution is -2.19. The van der Waals surface area contributed by atoms with E-state index in [9.17, 15) is 0 Å². The van der Waals surface area contributed by atoms with Gasteiger partial charge in [-0.2, -0.15) is 0 Å². The highest BCUT2D eigenvalue weighted by Crippen LogP contribution is 2.12. The maximum absolute atomic E-state index is 5.54. The van der Waals surface area contributed by atoms with Crippen molar-refractivity contribution in [3.05, 3.63) is 11.1 Å². The second kappa shape index (κ2) is 5.19. The predicted octanol–water partition coefficient (Wildman–Crippen LogP) is 1.96. The predicted molar refractivity (Wildman–Crippen MR) is 57.8 cm³/mol. The van der Waals surface area contributed by atoms with E-state index in [-0.39, 0.29) is 0 Å². The number of hydrogen-bond acceptors (Lipinski definition) is 4. The van der Waals surface area contributed by atoms with Crippen LogP contribution in [-0.2, 0) is 6.54 Å². The molecule has 3 nitrogen and oxygen atoms in total. The molecule has 0 fully saturated rings. The van der Waals surface area contributed by atoms with E-state index < -0.39 is 0 Å². The average Bonchev–Trinajstić information content (AvgIpc) is 2.48. The van der Waals surface area contributed by atoms with Crippen molar-refractivity contribution in [1.29, 1.82) is 0 Å². The summed E-state index contributed by atoms with van der Waals surface area (Å²) in [7, 11) is 2.12. The van der Waals surface area contributed by atoms with E-state index in [1.807, 2.05) is 5.38 Å². The Morgan fingerprint density at radius 2 is 2.38 bits per heavy atom. The Morgan fingerprint density at radius 1 is 1.62 bits per heavy atom. The van der Waals surface area contributed by atoms with Gasteiger partial charge < -0.3 is 10.6 Å². The van der Waals surface area contributed by atoms with Crippen LogP contribution in [0.25, 0.3) is 0 Å². The number of thiazole rings is 1. The van der Waals surface area contributed by atoms with Gasteiger partial charge in [0.1, 0.15) is 0 Å². The molecule has 0 radical (unpaired) electrons. The van der Waals surface area contributed by atoms with Crippen molar-refractivity contribution in [2.45, 2.75) is 26.3 Å². The summed E-state index contributed by atoms with van der Waals surface area (Å²) < 4.78 is 0. The Labute approximate surface area is 83.6 Å². The maximum atomic E-state index is 5.54. The molecule has 0 aliphatic heterocycles. The van der Waals surface area contributed by atoms with E-state index in [4.69, 9.17) is 5.73 Å². The largest absolute Gasteiger partial charge is 0.375 e. The zero-order valence-corrected chi connectivity index (χ0v) is 9.10. The van der Waals surface area contributed by atoms with Crippen LogP contribution < -0.4 is 5.73 Å². The van der Waals surface area contributed by atoms with Crippen LogP contribution in [0.4, 0.5) is 5.13 Å². The van der Waals surface area contributed by atoms with E-state index in [0.717, 1.165) is 18.8 Å². The Morgan fingerprint density at radius 3 is 2.92 bits per heavy atom. The normalized spacial score (nSPS) is 11.0. The van der Waals surface area contributed by atoms with Crippen molar-refractivity contribution in [1.82, 2.24) is 9.88 Å². The van der Waals surface area contributed by atoms with E-state index in [1.165, 1.54) is 24.2 Å². The molecule has 0 amide bonds. The Kier molecular flexibility index (Phi) is 4.18. The number of nitrogens with two attached hydrogens (primary N) is 1. The second-order valence-corrected chi connectivity index (χ2v) is 4.16. The molecule has 0 saturated carbocycles. The van der Waals surface area contributed by atoms with Gasteiger partial charge in [-0.3, -0.25) is 0 Å². The van der Waals surface area contributed by atoms with Gasteiger partial charge in [0, 0.05) is 11.9 Å². The van der Waals surface area contributed by atoms with Gasteiger partial charge >= 0.3 is 0 Å². The van der Waals surface area contributed by atoms with E-state index in [0.29, 0.717) is 5.13 Å². The van der Waals surface area contributed by atoms with Crippen LogP contribution in [0.15, 0.2) is 5.38 Å². The fourth-order valence-electron chi connectivity index (χ4n) is 1.18. The fourth-order valence-corrected chi connectivity index (χ4v) is 1.73. The number of nitrogens with zero attached hydrogens (tertiary/aromatic N) is 2. The van der Waals surface area contributed by atoms with Gasteiger partial charge in [0.15, 0.2) is 5.13 Å². The Balaban J connectivity index is 2.31. The number of unbranched alkanes of at least 4 members (excludes halogenated alkanes) is 1. The summed E-state index contributed by atoms with van der Waals surface area (Å²) in [6.45, 7) is 4.25. The first-order chi connectivity index (χ1) is 6.22. The molecule has 0 aliphatic rings. The van der Waals surface area contributed by atoms with Crippen LogP contribution >= 0.6 is 11.3 Å².